The van der Waals surface area contributed by atoms with E-state index in [1.54, 1.807) is 6.07 Å². The van der Waals surface area contributed by atoms with Gasteiger partial charge in [0.05, 0.1) is 11.4 Å². The molecule has 2 rings (SSSR count). The number of rotatable bonds is 3. The minimum Gasteiger partial charge on any atom is -0.379 e. The van der Waals surface area contributed by atoms with E-state index in [2.05, 4.69) is 26.2 Å². The van der Waals surface area contributed by atoms with Crippen LogP contribution in [0.4, 0.5) is 5.69 Å². The molecule has 1 N–H and O–H groups in total. The topological polar surface area (TPSA) is 24.9 Å². The Morgan fingerprint density at radius 2 is 2.00 bits per heavy atom. The first-order chi connectivity index (χ1) is 8.56. The zero-order valence-corrected chi connectivity index (χ0v) is 12.8. The third-order valence-corrected chi connectivity index (χ3v) is 3.72. The largest absolute Gasteiger partial charge is 0.379 e. The van der Waals surface area contributed by atoms with Gasteiger partial charge in [0.15, 0.2) is 0 Å². The molecule has 1 aromatic heterocycles. The molecule has 0 saturated carbocycles. The molecule has 0 atom stereocenters. The number of aryl methyl sites for hydroxylation is 1. The Morgan fingerprint density at radius 1 is 1.22 bits per heavy atom. The number of nitrogens with one attached hydrogen (secondary N) is 1. The molecule has 0 spiro atoms. The highest BCUT2D eigenvalue weighted by Crippen LogP contribution is 2.23. The van der Waals surface area contributed by atoms with Crippen LogP contribution in [0.2, 0.25) is 10.2 Å². The molecular weight excluding hydrogens is 335 g/mol. The first-order valence-electron chi connectivity index (χ1n) is 5.37. The first-order valence-corrected chi connectivity index (χ1v) is 6.92. The zero-order valence-electron chi connectivity index (χ0n) is 9.67. The van der Waals surface area contributed by atoms with Gasteiger partial charge in [-0.05, 0) is 36.8 Å². The number of hydrogen-bond donors (Lipinski definition) is 1. The van der Waals surface area contributed by atoms with Gasteiger partial charge in [0.25, 0.3) is 0 Å². The second kappa shape index (κ2) is 5.91. The molecule has 18 heavy (non-hydrogen) atoms. The van der Waals surface area contributed by atoms with Crippen molar-refractivity contribution in [3.05, 3.63) is 56.2 Å². The van der Waals surface area contributed by atoms with Crippen molar-refractivity contribution in [2.45, 2.75) is 13.5 Å². The molecule has 0 fully saturated rings. The number of hydrogen-bond acceptors (Lipinski definition) is 2. The fourth-order valence-corrected chi connectivity index (χ4v) is 2.59. The molecule has 0 aliphatic carbocycles. The standard InChI is InChI=1S/C13H11BrCl2N2/c1-8-12(4-5-13(16)18-8)17-7-9-2-3-10(15)6-11(9)14/h2-6,17H,7H2,1H3. The Morgan fingerprint density at radius 3 is 2.67 bits per heavy atom. The summed E-state index contributed by atoms with van der Waals surface area (Å²) < 4.78 is 0.988. The molecule has 1 heterocycles. The third kappa shape index (κ3) is 3.37. The van der Waals surface area contributed by atoms with Gasteiger partial charge in [-0.15, -0.1) is 0 Å². The van der Waals surface area contributed by atoms with Crippen LogP contribution in [0, 0.1) is 6.92 Å². The van der Waals surface area contributed by atoms with Crippen molar-refractivity contribution in [3.8, 4) is 0 Å². The van der Waals surface area contributed by atoms with Crippen LogP contribution in [0.3, 0.4) is 0 Å². The van der Waals surface area contributed by atoms with Crippen molar-refractivity contribution in [2.75, 3.05) is 5.32 Å². The van der Waals surface area contributed by atoms with Crippen molar-refractivity contribution in [1.82, 2.24) is 4.98 Å². The summed E-state index contributed by atoms with van der Waals surface area (Å²) >= 11 is 15.2. The number of benzene rings is 1. The zero-order chi connectivity index (χ0) is 13.1. The van der Waals surface area contributed by atoms with Crippen molar-refractivity contribution in [1.29, 1.82) is 0 Å². The van der Waals surface area contributed by atoms with Crippen LogP contribution in [0.5, 0.6) is 0 Å². The predicted molar refractivity (Wildman–Crippen MR) is 80.5 cm³/mol. The summed E-state index contributed by atoms with van der Waals surface area (Å²) in [7, 11) is 0. The summed E-state index contributed by atoms with van der Waals surface area (Å²) in [5.41, 5.74) is 2.99. The molecule has 5 heteroatoms. The van der Waals surface area contributed by atoms with E-state index in [1.165, 1.54) is 0 Å². The Hall–Kier alpha value is -0.770. The van der Waals surface area contributed by atoms with Crippen LogP contribution in [-0.4, -0.2) is 4.98 Å². The third-order valence-electron chi connectivity index (χ3n) is 2.54. The molecule has 0 aliphatic heterocycles. The second-order valence-corrected chi connectivity index (χ2v) is 5.53. The van der Waals surface area contributed by atoms with Crippen LogP contribution >= 0.6 is 39.1 Å². The average molecular weight is 346 g/mol. The van der Waals surface area contributed by atoms with Crippen LogP contribution in [-0.2, 0) is 6.54 Å². The summed E-state index contributed by atoms with van der Waals surface area (Å²) in [6.07, 6.45) is 0. The summed E-state index contributed by atoms with van der Waals surface area (Å²) in [5, 5.41) is 4.55. The maximum absolute atomic E-state index is 5.90. The maximum atomic E-state index is 5.90. The molecule has 0 unspecified atom stereocenters. The Labute approximate surface area is 124 Å². The van der Waals surface area contributed by atoms with E-state index in [1.807, 2.05) is 31.2 Å². The van der Waals surface area contributed by atoms with Gasteiger partial charge in [-0.3, -0.25) is 0 Å². The second-order valence-electron chi connectivity index (χ2n) is 3.86. The van der Waals surface area contributed by atoms with E-state index in [0.29, 0.717) is 11.7 Å². The highest BCUT2D eigenvalue weighted by Gasteiger charge is 2.03. The highest BCUT2D eigenvalue weighted by atomic mass is 79.9. The lowest BCUT2D eigenvalue weighted by Gasteiger charge is -2.10. The van der Waals surface area contributed by atoms with E-state index >= 15 is 0 Å². The molecule has 0 aliphatic rings. The quantitative estimate of drug-likeness (QED) is 0.785. The van der Waals surface area contributed by atoms with E-state index in [-0.39, 0.29) is 0 Å². The minimum atomic E-state index is 0.505. The molecule has 0 amide bonds. The SMILES string of the molecule is Cc1nc(Cl)ccc1NCc1ccc(Cl)cc1Br. The summed E-state index contributed by atoms with van der Waals surface area (Å²) in [6.45, 7) is 2.62. The first kappa shape index (κ1) is 13.7. The van der Waals surface area contributed by atoms with Crippen LogP contribution < -0.4 is 5.32 Å². The lowest BCUT2D eigenvalue weighted by molar-refractivity contribution is 1.10. The van der Waals surface area contributed by atoms with Crippen molar-refractivity contribution in [3.63, 3.8) is 0 Å². The number of halogens is 3. The predicted octanol–water partition coefficient (Wildman–Crippen LogP) is 5.07. The lowest BCUT2D eigenvalue weighted by Crippen LogP contribution is -2.02. The number of nitrogens with zero attached hydrogens (tertiary/aromatic N) is 1. The minimum absolute atomic E-state index is 0.505. The number of aromatic nitrogens is 1. The summed E-state index contributed by atoms with van der Waals surface area (Å²) in [6, 6.07) is 9.43. The van der Waals surface area contributed by atoms with E-state index in [4.69, 9.17) is 23.2 Å². The van der Waals surface area contributed by atoms with Crippen LogP contribution in [0.15, 0.2) is 34.8 Å². The van der Waals surface area contributed by atoms with Gasteiger partial charge < -0.3 is 5.32 Å². The Bertz CT molecular complexity index is 521. The van der Waals surface area contributed by atoms with Crippen molar-refractivity contribution >= 4 is 44.8 Å². The molecule has 94 valence electrons. The average Bonchev–Trinajstić information content (AvgIpc) is 2.30. The van der Waals surface area contributed by atoms with Gasteiger partial charge in [0.1, 0.15) is 5.15 Å². The smallest absolute Gasteiger partial charge is 0.129 e. The lowest BCUT2D eigenvalue weighted by atomic mass is 10.2. The molecule has 0 radical (unpaired) electrons. The summed E-state index contributed by atoms with van der Waals surface area (Å²) in [5.74, 6) is 0. The molecule has 0 bridgehead atoms. The Kier molecular flexibility index (Phi) is 4.49. The van der Waals surface area contributed by atoms with E-state index in [0.717, 1.165) is 26.4 Å². The van der Waals surface area contributed by atoms with E-state index in [9.17, 15) is 0 Å². The fraction of sp³-hybridized carbons (Fsp3) is 0.154. The maximum Gasteiger partial charge on any atom is 0.129 e. The molecular formula is C13H11BrCl2N2. The fourth-order valence-electron chi connectivity index (χ4n) is 1.57. The van der Waals surface area contributed by atoms with Gasteiger partial charge in [0, 0.05) is 16.0 Å². The van der Waals surface area contributed by atoms with Crippen molar-refractivity contribution in [2.24, 2.45) is 0 Å². The van der Waals surface area contributed by atoms with Gasteiger partial charge in [0.2, 0.25) is 0 Å². The van der Waals surface area contributed by atoms with Crippen molar-refractivity contribution < 1.29 is 0 Å². The summed E-state index contributed by atoms with van der Waals surface area (Å²) in [4.78, 5) is 4.19. The van der Waals surface area contributed by atoms with Crippen LogP contribution in [0.1, 0.15) is 11.3 Å². The highest BCUT2D eigenvalue weighted by molar-refractivity contribution is 9.10. The molecule has 1 aromatic carbocycles. The molecule has 2 aromatic rings. The van der Waals surface area contributed by atoms with Crippen LogP contribution in [0.25, 0.3) is 0 Å². The number of anilines is 1. The number of pyridine rings is 1. The van der Waals surface area contributed by atoms with E-state index < -0.39 is 0 Å². The molecule has 2 nitrogen and oxygen atoms in total. The Balaban J connectivity index is 2.11. The monoisotopic (exact) mass is 344 g/mol. The molecule has 0 saturated heterocycles. The normalized spacial score (nSPS) is 10.4. The van der Waals surface area contributed by atoms with Gasteiger partial charge in [-0.2, -0.15) is 0 Å². The van der Waals surface area contributed by atoms with Gasteiger partial charge in [-0.1, -0.05) is 45.2 Å². The van der Waals surface area contributed by atoms with Gasteiger partial charge in [-0.25, -0.2) is 4.98 Å². The van der Waals surface area contributed by atoms with Gasteiger partial charge >= 0.3 is 0 Å².